The Hall–Kier alpha value is -4.33. The number of hydrogen-bond donors (Lipinski definition) is 1. The third kappa shape index (κ3) is 3.58. The highest BCUT2D eigenvalue weighted by atomic mass is 16.5. The highest BCUT2D eigenvalue weighted by Crippen LogP contribution is 2.33. The number of ether oxygens (including phenoxy) is 1. The van der Waals surface area contributed by atoms with Crippen molar-refractivity contribution in [3.8, 4) is 11.4 Å². The molecule has 5 rings (SSSR count). The van der Waals surface area contributed by atoms with Crippen LogP contribution in [0.5, 0.6) is 5.75 Å². The molecule has 0 bridgehead atoms. The number of amides is 3. The molecule has 0 radical (unpaired) electrons. The molecule has 35 heavy (non-hydrogen) atoms. The van der Waals surface area contributed by atoms with E-state index in [1.807, 2.05) is 60.9 Å². The van der Waals surface area contributed by atoms with Gasteiger partial charge in [-0.2, -0.15) is 0 Å². The first-order chi connectivity index (χ1) is 16.7. The summed E-state index contributed by atoms with van der Waals surface area (Å²) >= 11 is 0. The minimum Gasteiger partial charge on any atom is -0.497 e. The van der Waals surface area contributed by atoms with E-state index in [0.29, 0.717) is 16.9 Å². The second-order valence-corrected chi connectivity index (χ2v) is 8.84. The SMILES string of the molecule is COc1ccc(-n2c(C)cc(C(=O)CN3C(=O)N[C@@](C)(c4cc5ccccc5o4)C3=O)c2C)cc1. The maximum absolute atomic E-state index is 13.3. The number of aromatic nitrogens is 1. The van der Waals surface area contributed by atoms with Gasteiger partial charge >= 0.3 is 6.03 Å². The van der Waals surface area contributed by atoms with E-state index in [1.165, 1.54) is 0 Å². The number of fused-ring (bicyclic) bond motifs is 1. The van der Waals surface area contributed by atoms with Crippen LogP contribution in [0.3, 0.4) is 0 Å². The van der Waals surface area contributed by atoms with Gasteiger partial charge in [-0.3, -0.25) is 14.5 Å². The summed E-state index contributed by atoms with van der Waals surface area (Å²) in [6.45, 7) is 4.97. The molecule has 3 amide bonds. The summed E-state index contributed by atoms with van der Waals surface area (Å²) < 4.78 is 13.0. The number of ketones is 1. The molecule has 178 valence electrons. The smallest absolute Gasteiger partial charge is 0.325 e. The predicted molar refractivity (Wildman–Crippen MR) is 130 cm³/mol. The number of para-hydroxylation sites is 1. The van der Waals surface area contributed by atoms with Gasteiger partial charge in [0.25, 0.3) is 5.91 Å². The third-order valence-electron chi connectivity index (χ3n) is 6.56. The Morgan fingerprint density at radius 1 is 1.06 bits per heavy atom. The maximum atomic E-state index is 13.3. The van der Waals surface area contributed by atoms with Crippen molar-refractivity contribution in [1.82, 2.24) is 14.8 Å². The van der Waals surface area contributed by atoms with Crippen molar-refractivity contribution in [3.05, 3.63) is 83.4 Å². The van der Waals surface area contributed by atoms with E-state index in [2.05, 4.69) is 5.32 Å². The van der Waals surface area contributed by atoms with E-state index < -0.39 is 17.5 Å². The van der Waals surface area contributed by atoms with Crippen LogP contribution in [0, 0.1) is 13.8 Å². The normalized spacial score (nSPS) is 17.8. The minimum absolute atomic E-state index is 0.324. The number of carbonyl (C=O) groups excluding carboxylic acids is 3. The lowest BCUT2D eigenvalue weighted by molar-refractivity contribution is -0.131. The first-order valence-electron chi connectivity index (χ1n) is 11.2. The first kappa shape index (κ1) is 22.5. The number of aryl methyl sites for hydroxylation is 1. The Balaban J connectivity index is 1.41. The molecule has 3 heterocycles. The number of benzene rings is 2. The number of nitrogens with zero attached hydrogens (tertiary/aromatic N) is 2. The van der Waals surface area contributed by atoms with Gasteiger partial charge in [0.05, 0.1) is 13.7 Å². The van der Waals surface area contributed by atoms with Crippen LogP contribution in [0.25, 0.3) is 16.7 Å². The van der Waals surface area contributed by atoms with E-state index in [9.17, 15) is 14.4 Å². The predicted octanol–water partition coefficient (Wildman–Crippen LogP) is 4.50. The summed E-state index contributed by atoms with van der Waals surface area (Å²) in [6.07, 6.45) is 0. The van der Waals surface area contributed by atoms with Crippen molar-refractivity contribution < 1.29 is 23.5 Å². The molecule has 8 heteroatoms. The van der Waals surface area contributed by atoms with E-state index >= 15 is 0 Å². The summed E-state index contributed by atoms with van der Waals surface area (Å²) in [4.78, 5) is 40.3. The number of nitrogens with one attached hydrogen (secondary N) is 1. The zero-order valence-corrected chi connectivity index (χ0v) is 19.9. The van der Waals surface area contributed by atoms with E-state index in [1.54, 1.807) is 32.2 Å². The highest BCUT2D eigenvalue weighted by molar-refractivity contribution is 6.11. The summed E-state index contributed by atoms with van der Waals surface area (Å²) in [6, 6.07) is 17.8. The van der Waals surface area contributed by atoms with Crippen molar-refractivity contribution in [1.29, 1.82) is 0 Å². The standard InChI is InChI=1S/C27H25N3O5/c1-16-13-21(17(2)30(16)19-9-11-20(34-4)12-10-19)22(31)15-29-25(32)27(3,28-26(29)33)24-14-18-7-5-6-8-23(18)35-24/h5-14H,15H2,1-4H3,(H,28,33)/t27-/m0/s1. The fourth-order valence-corrected chi connectivity index (χ4v) is 4.64. The van der Waals surface area contributed by atoms with Crippen LogP contribution < -0.4 is 10.1 Å². The molecule has 1 atom stereocenters. The molecule has 1 fully saturated rings. The summed E-state index contributed by atoms with van der Waals surface area (Å²) in [7, 11) is 1.60. The first-order valence-corrected chi connectivity index (χ1v) is 11.2. The van der Waals surface area contributed by atoms with Gasteiger partial charge in [-0.25, -0.2) is 4.79 Å². The molecule has 1 saturated heterocycles. The monoisotopic (exact) mass is 471 g/mol. The molecule has 8 nitrogen and oxygen atoms in total. The second kappa shape index (κ2) is 8.16. The Kier molecular flexibility index (Phi) is 5.24. The molecule has 0 spiro atoms. The lowest BCUT2D eigenvalue weighted by Gasteiger charge is -2.18. The van der Waals surface area contributed by atoms with Crippen LogP contribution in [0.2, 0.25) is 0 Å². The Morgan fingerprint density at radius 3 is 2.46 bits per heavy atom. The topological polar surface area (TPSA) is 93.8 Å². The number of Topliss-reactive ketones (excluding diaryl/α,β-unsaturated/α-hetero) is 1. The Labute approximate surface area is 202 Å². The largest absolute Gasteiger partial charge is 0.497 e. The lowest BCUT2D eigenvalue weighted by atomic mass is 9.98. The van der Waals surface area contributed by atoms with Crippen LogP contribution >= 0.6 is 0 Å². The van der Waals surface area contributed by atoms with Gasteiger partial charge in [-0.15, -0.1) is 0 Å². The van der Waals surface area contributed by atoms with Crippen molar-refractivity contribution in [2.75, 3.05) is 13.7 Å². The van der Waals surface area contributed by atoms with Crippen LogP contribution in [0.15, 0.2) is 65.1 Å². The molecule has 1 N–H and O–H groups in total. The van der Waals surface area contributed by atoms with E-state index in [4.69, 9.17) is 9.15 Å². The maximum Gasteiger partial charge on any atom is 0.325 e. The van der Waals surface area contributed by atoms with Gasteiger partial charge in [-0.05, 0) is 63.2 Å². The number of urea groups is 1. The van der Waals surface area contributed by atoms with Crippen LogP contribution in [-0.4, -0.2) is 40.8 Å². The fraction of sp³-hybridized carbons (Fsp3) is 0.222. The van der Waals surface area contributed by atoms with E-state index in [-0.39, 0.29) is 12.3 Å². The Bertz CT molecular complexity index is 1450. The summed E-state index contributed by atoms with van der Waals surface area (Å²) in [5, 5.41) is 3.53. The zero-order valence-electron chi connectivity index (χ0n) is 19.9. The zero-order chi connectivity index (χ0) is 24.9. The minimum atomic E-state index is -1.39. The van der Waals surface area contributed by atoms with Gasteiger partial charge < -0.3 is 19.0 Å². The summed E-state index contributed by atoms with van der Waals surface area (Å²) in [5.41, 5.74) is 2.15. The number of hydrogen-bond acceptors (Lipinski definition) is 5. The fourth-order valence-electron chi connectivity index (χ4n) is 4.64. The van der Waals surface area contributed by atoms with Gasteiger partial charge in [-0.1, -0.05) is 18.2 Å². The molecule has 2 aromatic heterocycles. The van der Waals surface area contributed by atoms with Gasteiger partial charge in [0.1, 0.15) is 17.1 Å². The average Bonchev–Trinajstić information content (AvgIpc) is 3.48. The van der Waals surface area contributed by atoms with Gasteiger partial charge in [0, 0.05) is 28.0 Å². The molecule has 1 aliphatic heterocycles. The van der Waals surface area contributed by atoms with Crippen molar-refractivity contribution in [2.24, 2.45) is 0 Å². The molecule has 4 aromatic rings. The van der Waals surface area contributed by atoms with Crippen LogP contribution in [0.4, 0.5) is 4.79 Å². The molecule has 2 aromatic carbocycles. The molecular weight excluding hydrogens is 446 g/mol. The van der Waals surface area contributed by atoms with Crippen molar-refractivity contribution >= 4 is 28.7 Å². The summed E-state index contributed by atoms with van der Waals surface area (Å²) in [5.74, 6) is 0.206. The molecule has 1 aliphatic rings. The molecule has 0 saturated carbocycles. The average molecular weight is 472 g/mol. The van der Waals surface area contributed by atoms with Crippen LogP contribution in [0.1, 0.15) is 34.4 Å². The number of carbonyl (C=O) groups is 3. The van der Waals surface area contributed by atoms with Crippen molar-refractivity contribution in [2.45, 2.75) is 26.3 Å². The number of methoxy groups -OCH3 is 1. The highest BCUT2D eigenvalue weighted by Gasteiger charge is 2.51. The second-order valence-electron chi connectivity index (χ2n) is 8.84. The van der Waals surface area contributed by atoms with Crippen LogP contribution in [-0.2, 0) is 10.3 Å². The third-order valence-corrected chi connectivity index (χ3v) is 6.56. The van der Waals surface area contributed by atoms with Crippen molar-refractivity contribution in [3.63, 3.8) is 0 Å². The Morgan fingerprint density at radius 2 is 1.77 bits per heavy atom. The lowest BCUT2D eigenvalue weighted by Crippen LogP contribution is -2.41. The number of imide groups is 1. The van der Waals surface area contributed by atoms with Gasteiger partial charge in [0.2, 0.25) is 0 Å². The van der Waals surface area contributed by atoms with E-state index in [0.717, 1.165) is 33.1 Å². The molecule has 0 aliphatic carbocycles. The number of furan rings is 1. The quantitative estimate of drug-likeness (QED) is 0.330. The van der Waals surface area contributed by atoms with Gasteiger partial charge in [0.15, 0.2) is 11.3 Å². The molecular formula is C27H25N3O5. The number of rotatable bonds is 6. The molecule has 0 unspecified atom stereocenters.